The fourth-order valence-corrected chi connectivity index (χ4v) is 3.77. The lowest BCUT2D eigenvalue weighted by Crippen LogP contribution is -2.27. The van der Waals surface area contributed by atoms with Crippen molar-refractivity contribution in [2.45, 2.75) is 13.3 Å². The number of carbonyl (C=O) groups excluding carboxylic acids is 1. The van der Waals surface area contributed by atoms with Crippen molar-refractivity contribution in [1.82, 2.24) is 9.55 Å². The lowest BCUT2D eigenvalue weighted by Gasteiger charge is -2.15. The minimum atomic E-state index is -0.127. The standard InChI is InChI=1S/C21H18BrN3O2/c1-3-10-25-18-9-8-13(22)11-15(18)16(21(25)27)12-19-23-17-7-5-4-6-14(17)20(26)24(19)2/h4-9,11-12H,3,10H2,1-2H3. The maximum atomic E-state index is 13.1. The maximum absolute atomic E-state index is 13.1. The van der Waals surface area contributed by atoms with Crippen LogP contribution in [0.4, 0.5) is 5.69 Å². The third-order valence-electron chi connectivity index (χ3n) is 4.75. The Bertz CT molecular complexity index is 1160. The van der Waals surface area contributed by atoms with Gasteiger partial charge in [0, 0.05) is 23.6 Å². The van der Waals surface area contributed by atoms with Gasteiger partial charge in [0.1, 0.15) is 5.82 Å². The lowest BCUT2D eigenvalue weighted by atomic mass is 10.1. The molecule has 0 N–H and O–H groups in total. The van der Waals surface area contributed by atoms with Crippen molar-refractivity contribution in [3.8, 4) is 0 Å². The molecule has 2 heterocycles. The maximum Gasteiger partial charge on any atom is 0.261 e. The molecule has 136 valence electrons. The average Bonchev–Trinajstić information content (AvgIpc) is 2.91. The molecule has 0 radical (unpaired) electrons. The monoisotopic (exact) mass is 423 g/mol. The first-order valence-electron chi connectivity index (χ1n) is 8.80. The number of nitrogens with zero attached hydrogens (tertiary/aromatic N) is 3. The number of rotatable bonds is 3. The largest absolute Gasteiger partial charge is 0.308 e. The SMILES string of the molecule is CCCN1C(=O)C(=Cc2nc3ccccc3c(=O)n2C)c2cc(Br)ccc21. The van der Waals surface area contributed by atoms with E-state index >= 15 is 0 Å². The number of carbonyl (C=O) groups is 1. The highest BCUT2D eigenvalue weighted by Gasteiger charge is 2.32. The summed E-state index contributed by atoms with van der Waals surface area (Å²) >= 11 is 3.49. The number of anilines is 1. The van der Waals surface area contributed by atoms with E-state index in [-0.39, 0.29) is 11.5 Å². The van der Waals surface area contributed by atoms with Crippen molar-refractivity contribution < 1.29 is 4.79 Å². The van der Waals surface area contributed by atoms with Crippen molar-refractivity contribution in [1.29, 1.82) is 0 Å². The first-order valence-corrected chi connectivity index (χ1v) is 9.60. The van der Waals surface area contributed by atoms with Crippen LogP contribution in [-0.2, 0) is 11.8 Å². The Hall–Kier alpha value is -2.73. The molecule has 0 saturated carbocycles. The van der Waals surface area contributed by atoms with Crippen LogP contribution in [0.15, 0.2) is 51.7 Å². The van der Waals surface area contributed by atoms with Crippen molar-refractivity contribution >= 4 is 50.1 Å². The smallest absolute Gasteiger partial charge is 0.261 e. The molecule has 2 aromatic carbocycles. The van der Waals surface area contributed by atoms with Crippen molar-refractivity contribution in [2.75, 3.05) is 11.4 Å². The van der Waals surface area contributed by atoms with E-state index in [0.29, 0.717) is 28.8 Å². The molecule has 1 aromatic heterocycles. The van der Waals surface area contributed by atoms with Gasteiger partial charge < -0.3 is 4.90 Å². The Morgan fingerprint density at radius 1 is 1.15 bits per heavy atom. The minimum absolute atomic E-state index is 0.0626. The molecule has 3 aromatic rings. The minimum Gasteiger partial charge on any atom is -0.308 e. The van der Waals surface area contributed by atoms with Gasteiger partial charge in [-0.05, 0) is 42.8 Å². The molecule has 6 heteroatoms. The van der Waals surface area contributed by atoms with Crippen molar-refractivity contribution in [3.63, 3.8) is 0 Å². The van der Waals surface area contributed by atoms with Crippen LogP contribution in [-0.4, -0.2) is 22.0 Å². The van der Waals surface area contributed by atoms with E-state index in [1.54, 1.807) is 24.1 Å². The van der Waals surface area contributed by atoms with Crippen LogP contribution in [0.3, 0.4) is 0 Å². The zero-order valence-electron chi connectivity index (χ0n) is 15.1. The first kappa shape index (κ1) is 17.7. The second kappa shape index (κ2) is 6.78. The number of halogens is 1. The van der Waals surface area contributed by atoms with Gasteiger partial charge in [0.05, 0.1) is 22.2 Å². The molecular formula is C21H18BrN3O2. The van der Waals surface area contributed by atoms with E-state index in [4.69, 9.17) is 0 Å². The third kappa shape index (κ3) is 2.90. The third-order valence-corrected chi connectivity index (χ3v) is 5.25. The topological polar surface area (TPSA) is 55.2 Å². The van der Waals surface area contributed by atoms with Gasteiger partial charge in [-0.2, -0.15) is 0 Å². The summed E-state index contributed by atoms with van der Waals surface area (Å²) in [5.41, 5.74) is 2.79. The number of hydrogen-bond donors (Lipinski definition) is 0. The summed E-state index contributed by atoms with van der Waals surface area (Å²) in [5.74, 6) is 0.402. The predicted molar refractivity (Wildman–Crippen MR) is 112 cm³/mol. The Kier molecular flexibility index (Phi) is 4.44. The molecule has 0 bridgehead atoms. The molecule has 4 rings (SSSR count). The van der Waals surface area contributed by atoms with Crippen LogP contribution in [0.1, 0.15) is 24.7 Å². The molecule has 5 nitrogen and oxygen atoms in total. The first-order chi connectivity index (χ1) is 13.0. The Morgan fingerprint density at radius 2 is 1.93 bits per heavy atom. The predicted octanol–water partition coefficient (Wildman–Crippen LogP) is 3.99. The second-order valence-corrected chi connectivity index (χ2v) is 7.44. The van der Waals surface area contributed by atoms with Gasteiger partial charge in [-0.1, -0.05) is 35.0 Å². The molecule has 1 aliphatic heterocycles. The van der Waals surface area contributed by atoms with Crippen LogP contribution in [0.2, 0.25) is 0 Å². The van der Waals surface area contributed by atoms with Crippen LogP contribution in [0.25, 0.3) is 22.6 Å². The fraction of sp³-hybridized carbons (Fsp3) is 0.190. The summed E-state index contributed by atoms with van der Waals surface area (Å²) in [6.07, 6.45) is 2.58. The van der Waals surface area contributed by atoms with Crippen LogP contribution < -0.4 is 10.5 Å². The molecule has 1 aliphatic rings. The zero-order valence-corrected chi connectivity index (χ0v) is 16.7. The molecule has 0 unspecified atom stereocenters. The number of aromatic nitrogens is 2. The number of hydrogen-bond acceptors (Lipinski definition) is 3. The molecule has 0 fully saturated rings. The van der Waals surface area contributed by atoms with Crippen molar-refractivity contribution in [2.24, 2.45) is 7.05 Å². The lowest BCUT2D eigenvalue weighted by molar-refractivity contribution is -0.113. The molecule has 1 amide bonds. The van der Waals surface area contributed by atoms with Gasteiger partial charge in [-0.3, -0.25) is 14.2 Å². The Balaban J connectivity index is 1.94. The molecule has 27 heavy (non-hydrogen) atoms. The number of para-hydroxylation sites is 1. The van der Waals surface area contributed by atoms with Crippen LogP contribution >= 0.6 is 15.9 Å². The van der Waals surface area contributed by atoms with Crippen LogP contribution in [0.5, 0.6) is 0 Å². The summed E-state index contributed by atoms with van der Waals surface area (Å²) in [7, 11) is 1.68. The Labute approximate surface area is 165 Å². The van der Waals surface area contributed by atoms with Crippen molar-refractivity contribution in [3.05, 3.63) is 68.7 Å². The van der Waals surface area contributed by atoms with Crippen LogP contribution in [0, 0.1) is 0 Å². The van der Waals surface area contributed by atoms with E-state index in [2.05, 4.69) is 20.9 Å². The quantitative estimate of drug-likeness (QED) is 0.598. The van der Waals surface area contributed by atoms with E-state index < -0.39 is 0 Å². The molecule has 0 saturated heterocycles. The van der Waals surface area contributed by atoms with Gasteiger partial charge in [0.2, 0.25) is 0 Å². The second-order valence-electron chi connectivity index (χ2n) is 6.53. The van der Waals surface area contributed by atoms with E-state index in [9.17, 15) is 9.59 Å². The molecular weight excluding hydrogens is 406 g/mol. The highest BCUT2D eigenvalue weighted by atomic mass is 79.9. The van der Waals surface area contributed by atoms with E-state index in [1.807, 2.05) is 43.3 Å². The van der Waals surface area contributed by atoms with Gasteiger partial charge in [-0.25, -0.2) is 4.98 Å². The average molecular weight is 424 g/mol. The molecule has 0 spiro atoms. The van der Waals surface area contributed by atoms with E-state index in [1.165, 1.54) is 4.57 Å². The van der Waals surface area contributed by atoms with Gasteiger partial charge in [0.25, 0.3) is 11.5 Å². The van der Waals surface area contributed by atoms with Gasteiger partial charge in [0.15, 0.2) is 0 Å². The van der Waals surface area contributed by atoms with Gasteiger partial charge in [-0.15, -0.1) is 0 Å². The summed E-state index contributed by atoms with van der Waals surface area (Å²) in [5, 5.41) is 0.565. The highest BCUT2D eigenvalue weighted by molar-refractivity contribution is 9.10. The summed E-state index contributed by atoms with van der Waals surface area (Å²) < 4.78 is 2.39. The fourth-order valence-electron chi connectivity index (χ4n) is 3.41. The number of benzene rings is 2. The summed E-state index contributed by atoms with van der Waals surface area (Å²) in [4.78, 5) is 32.1. The van der Waals surface area contributed by atoms with Gasteiger partial charge >= 0.3 is 0 Å². The number of amides is 1. The molecule has 0 atom stereocenters. The Morgan fingerprint density at radius 3 is 2.70 bits per heavy atom. The van der Waals surface area contributed by atoms with E-state index in [0.717, 1.165) is 22.1 Å². The summed E-state index contributed by atoms with van der Waals surface area (Å²) in [6, 6.07) is 13.1. The molecule has 0 aliphatic carbocycles. The normalized spacial score (nSPS) is 15.0. The highest BCUT2D eigenvalue weighted by Crippen LogP contribution is 2.39. The summed E-state index contributed by atoms with van der Waals surface area (Å²) in [6.45, 7) is 2.69. The zero-order chi connectivity index (χ0) is 19.1. The number of fused-ring (bicyclic) bond motifs is 2.